The van der Waals surface area contributed by atoms with E-state index in [-0.39, 0.29) is 22.9 Å². The lowest BCUT2D eigenvalue weighted by atomic mass is 9.47. The number of aromatic nitrogens is 1. The Morgan fingerprint density at radius 1 is 1.10 bits per heavy atom. The molecule has 154 valence electrons. The fraction of sp³-hybridized carbons (Fsp3) is 0.615. The number of pyridine rings is 1. The molecule has 5 rings (SSSR count). The summed E-state index contributed by atoms with van der Waals surface area (Å²) in [5.41, 5.74) is 4.99. The molecule has 4 aliphatic rings. The fourth-order valence-corrected chi connectivity index (χ4v) is 7.50. The van der Waals surface area contributed by atoms with Gasteiger partial charge < -0.3 is 4.74 Å². The lowest BCUT2D eigenvalue weighted by Crippen LogP contribution is -2.50. The Morgan fingerprint density at radius 2 is 1.93 bits per heavy atom. The van der Waals surface area contributed by atoms with Gasteiger partial charge in [0.05, 0.1) is 0 Å². The highest BCUT2D eigenvalue weighted by Crippen LogP contribution is 2.66. The van der Waals surface area contributed by atoms with E-state index in [2.05, 4.69) is 43.1 Å². The highest BCUT2D eigenvalue weighted by atomic mass is 16.5. The van der Waals surface area contributed by atoms with E-state index in [1.54, 1.807) is 5.57 Å². The molecule has 29 heavy (non-hydrogen) atoms. The van der Waals surface area contributed by atoms with Crippen LogP contribution in [0.2, 0.25) is 0 Å². The number of carbonyl (C=O) groups is 1. The highest BCUT2D eigenvalue weighted by Gasteiger charge is 2.56. The molecule has 0 aromatic carbocycles. The highest BCUT2D eigenvalue weighted by molar-refractivity contribution is 5.72. The predicted octanol–water partition coefficient (Wildman–Crippen LogP) is 5.97. The molecule has 0 N–H and O–H groups in total. The minimum absolute atomic E-state index is 0.0857. The number of allylic oxidation sites excluding steroid dienone is 3. The normalized spacial score (nSPS) is 40.8. The Labute approximate surface area is 174 Å². The molecule has 4 aliphatic carbocycles. The van der Waals surface area contributed by atoms with Gasteiger partial charge in [-0.2, -0.15) is 0 Å². The van der Waals surface area contributed by atoms with E-state index < -0.39 is 0 Å². The van der Waals surface area contributed by atoms with E-state index >= 15 is 0 Å². The summed E-state index contributed by atoms with van der Waals surface area (Å²) in [6, 6.07) is 4.30. The molecule has 1 aromatic rings. The molecule has 1 aromatic heterocycles. The molecule has 0 saturated heterocycles. The molecule has 3 nitrogen and oxygen atoms in total. The van der Waals surface area contributed by atoms with Gasteiger partial charge in [-0.3, -0.25) is 9.78 Å². The van der Waals surface area contributed by atoms with Gasteiger partial charge in [0, 0.05) is 25.7 Å². The number of fused-ring (bicyclic) bond motifs is 5. The smallest absolute Gasteiger partial charge is 0.302 e. The van der Waals surface area contributed by atoms with Crippen LogP contribution < -0.4 is 0 Å². The molecule has 0 unspecified atom stereocenters. The number of carbonyl (C=O) groups excluding carboxylic acids is 1. The van der Waals surface area contributed by atoms with Gasteiger partial charge in [0.2, 0.25) is 0 Å². The number of esters is 1. The summed E-state index contributed by atoms with van der Waals surface area (Å²) in [4.78, 5) is 15.8. The Bertz CT molecular complexity index is 872. The molecule has 2 saturated carbocycles. The van der Waals surface area contributed by atoms with Crippen LogP contribution >= 0.6 is 0 Å². The van der Waals surface area contributed by atoms with E-state index in [9.17, 15) is 4.79 Å². The average molecular weight is 392 g/mol. The summed E-state index contributed by atoms with van der Waals surface area (Å²) >= 11 is 0. The van der Waals surface area contributed by atoms with Crippen molar-refractivity contribution in [2.24, 2.45) is 28.6 Å². The molecule has 0 radical (unpaired) electrons. The maximum atomic E-state index is 11.4. The maximum Gasteiger partial charge on any atom is 0.302 e. The largest absolute Gasteiger partial charge is 0.462 e. The van der Waals surface area contributed by atoms with E-state index in [0.29, 0.717) is 0 Å². The van der Waals surface area contributed by atoms with Crippen molar-refractivity contribution < 1.29 is 9.53 Å². The quantitative estimate of drug-likeness (QED) is 0.460. The molecule has 2 fully saturated rings. The van der Waals surface area contributed by atoms with Crippen LogP contribution in [0.15, 0.2) is 42.3 Å². The van der Waals surface area contributed by atoms with Crippen LogP contribution in [-0.4, -0.2) is 17.1 Å². The van der Waals surface area contributed by atoms with E-state index in [1.165, 1.54) is 43.7 Å². The second-order valence-electron chi connectivity index (χ2n) is 10.3. The Hall–Kier alpha value is -1.90. The summed E-state index contributed by atoms with van der Waals surface area (Å²) in [6.07, 6.45) is 17.1. The molecule has 0 bridgehead atoms. The van der Waals surface area contributed by atoms with Gasteiger partial charge in [0.1, 0.15) is 6.10 Å². The van der Waals surface area contributed by atoms with E-state index in [0.717, 1.165) is 37.0 Å². The van der Waals surface area contributed by atoms with Gasteiger partial charge in [-0.1, -0.05) is 37.6 Å². The van der Waals surface area contributed by atoms with Gasteiger partial charge >= 0.3 is 5.97 Å². The number of ether oxygens (including phenoxy) is 1. The van der Waals surface area contributed by atoms with Gasteiger partial charge in [-0.25, -0.2) is 0 Å². The number of hydrogen-bond donors (Lipinski definition) is 0. The van der Waals surface area contributed by atoms with Crippen molar-refractivity contribution in [2.45, 2.75) is 71.8 Å². The van der Waals surface area contributed by atoms with Crippen molar-refractivity contribution in [3.8, 4) is 0 Å². The first-order chi connectivity index (χ1) is 13.9. The van der Waals surface area contributed by atoms with Crippen LogP contribution in [-0.2, 0) is 9.53 Å². The molecular formula is C26H33NO2. The first-order valence-electron chi connectivity index (χ1n) is 11.4. The summed E-state index contributed by atoms with van der Waals surface area (Å²) in [5.74, 6) is 2.12. The molecule has 0 aliphatic heterocycles. The molecule has 6 atom stereocenters. The van der Waals surface area contributed by atoms with E-state index in [1.807, 2.05) is 12.4 Å². The van der Waals surface area contributed by atoms with Crippen LogP contribution in [0.25, 0.3) is 5.57 Å². The summed E-state index contributed by atoms with van der Waals surface area (Å²) < 4.78 is 5.58. The van der Waals surface area contributed by atoms with Crippen molar-refractivity contribution in [3.05, 3.63) is 47.8 Å². The van der Waals surface area contributed by atoms with Crippen molar-refractivity contribution >= 4 is 11.5 Å². The second-order valence-corrected chi connectivity index (χ2v) is 10.3. The van der Waals surface area contributed by atoms with Crippen LogP contribution in [0.5, 0.6) is 0 Å². The fourth-order valence-electron chi connectivity index (χ4n) is 7.50. The van der Waals surface area contributed by atoms with Crippen molar-refractivity contribution in [1.82, 2.24) is 4.98 Å². The molecular weight excluding hydrogens is 358 g/mol. The summed E-state index contributed by atoms with van der Waals surface area (Å²) in [5, 5.41) is 0. The zero-order chi connectivity index (χ0) is 20.2. The monoisotopic (exact) mass is 391 g/mol. The van der Waals surface area contributed by atoms with Gasteiger partial charge in [0.25, 0.3) is 0 Å². The number of rotatable bonds is 2. The summed E-state index contributed by atoms with van der Waals surface area (Å²) in [7, 11) is 0. The first kappa shape index (κ1) is 19.1. The van der Waals surface area contributed by atoms with Gasteiger partial charge in [0.15, 0.2) is 0 Å². The SMILES string of the molecule is CC(=O)O[C@@H]1CC[C@@]2(C)C(=CC[C@H]3[C@H]2CC[C@@]2(C)C(c4cccnc4)=CC[C@H]32)C1. The zero-order valence-electron chi connectivity index (χ0n) is 18.0. The topological polar surface area (TPSA) is 39.2 Å². The lowest BCUT2D eigenvalue weighted by molar-refractivity contribution is -0.148. The third-order valence-electron chi connectivity index (χ3n) is 8.94. The predicted molar refractivity (Wildman–Crippen MR) is 115 cm³/mol. The van der Waals surface area contributed by atoms with Crippen LogP contribution in [0.3, 0.4) is 0 Å². The first-order valence-corrected chi connectivity index (χ1v) is 11.4. The van der Waals surface area contributed by atoms with Crippen LogP contribution in [0.4, 0.5) is 0 Å². The molecule has 0 spiro atoms. The molecule has 1 heterocycles. The maximum absolute atomic E-state index is 11.4. The lowest BCUT2D eigenvalue weighted by Gasteiger charge is -2.57. The second kappa shape index (κ2) is 6.82. The Kier molecular flexibility index (Phi) is 4.49. The average Bonchev–Trinajstić information content (AvgIpc) is 3.06. The zero-order valence-corrected chi connectivity index (χ0v) is 18.0. The number of hydrogen-bond acceptors (Lipinski definition) is 3. The van der Waals surface area contributed by atoms with Crippen LogP contribution in [0, 0.1) is 28.6 Å². The van der Waals surface area contributed by atoms with Crippen molar-refractivity contribution in [3.63, 3.8) is 0 Å². The van der Waals surface area contributed by atoms with Crippen LogP contribution in [0.1, 0.15) is 71.3 Å². The minimum Gasteiger partial charge on any atom is -0.462 e. The van der Waals surface area contributed by atoms with Gasteiger partial charge in [-0.15, -0.1) is 0 Å². The minimum atomic E-state index is -0.138. The van der Waals surface area contributed by atoms with Crippen molar-refractivity contribution in [1.29, 1.82) is 0 Å². The van der Waals surface area contributed by atoms with Gasteiger partial charge in [-0.05, 0) is 84.3 Å². The third-order valence-corrected chi connectivity index (χ3v) is 8.94. The molecule has 3 heteroatoms. The third kappa shape index (κ3) is 2.92. The summed E-state index contributed by atoms with van der Waals surface area (Å²) in [6.45, 7) is 6.56. The van der Waals surface area contributed by atoms with E-state index in [4.69, 9.17) is 4.74 Å². The Morgan fingerprint density at radius 3 is 2.69 bits per heavy atom. The molecule has 0 amide bonds. The Balaban J connectivity index is 1.41. The van der Waals surface area contributed by atoms with Crippen molar-refractivity contribution in [2.75, 3.05) is 0 Å². The number of nitrogens with zero attached hydrogens (tertiary/aromatic N) is 1. The standard InChI is InChI=1S/C26H33NO2/c1-17(28)29-20-10-12-25(2)19(15-20)6-7-21-23-9-8-22(18-5-4-14-27-16-18)26(23,3)13-11-24(21)25/h4-6,8,14,16,20-21,23-24H,7,9-13,15H2,1-3H3/t20-,21-,23-,24-,25+,26+/m1/s1.